The van der Waals surface area contributed by atoms with Gasteiger partial charge in [-0.05, 0) is 42.5 Å². The number of amides is 2. The van der Waals surface area contributed by atoms with E-state index in [-0.39, 0.29) is 11.8 Å². The average Bonchev–Trinajstić information content (AvgIpc) is 3.38. The first-order valence-corrected chi connectivity index (χ1v) is 11.0. The number of hydrogen-bond donors (Lipinski definition) is 2. The molecule has 156 valence electrons. The van der Waals surface area contributed by atoms with E-state index < -0.39 is 5.54 Å². The molecule has 0 unspecified atom stereocenters. The number of anilines is 1. The van der Waals surface area contributed by atoms with Gasteiger partial charge in [0.2, 0.25) is 5.89 Å². The minimum absolute atomic E-state index is 0.190. The summed E-state index contributed by atoms with van der Waals surface area (Å²) in [5, 5.41) is 12.0. The van der Waals surface area contributed by atoms with Crippen LogP contribution < -0.4 is 10.6 Å². The van der Waals surface area contributed by atoms with Crippen molar-refractivity contribution in [2.45, 2.75) is 51.0 Å². The van der Waals surface area contributed by atoms with Crippen molar-refractivity contribution < 1.29 is 14.1 Å². The first-order chi connectivity index (χ1) is 14.6. The highest BCUT2D eigenvalue weighted by molar-refractivity contribution is 7.12. The normalized spacial score (nSPS) is 15.9. The maximum atomic E-state index is 13.2. The van der Waals surface area contributed by atoms with Crippen molar-refractivity contribution in [3.8, 4) is 0 Å². The van der Waals surface area contributed by atoms with Crippen LogP contribution in [0, 0.1) is 6.92 Å². The third-order valence-electron chi connectivity index (χ3n) is 5.39. The van der Waals surface area contributed by atoms with Crippen LogP contribution in [0.15, 0.2) is 46.3 Å². The van der Waals surface area contributed by atoms with Crippen molar-refractivity contribution in [3.05, 3.63) is 63.9 Å². The van der Waals surface area contributed by atoms with Gasteiger partial charge in [0.15, 0.2) is 5.82 Å². The second-order valence-corrected chi connectivity index (χ2v) is 8.55. The third kappa shape index (κ3) is 4.43. The van der Waals surface area contributed by atoms with Crippen LogP contribution in [0.5, 0.6) is 0 Å². The van der Waals surface area contributed by atoms with E-state index in [0.29, 0.717) is 27.8 Å². The lowest BCUT2D eigenvalue weighted by Crippen LogP contribution is -2.46. The molecule has 0 aliphatic heterocycles. The zero-order valence-electron chi connectivity index (χ0n) is 16.8. The summed E-state index contributed by atoms with van der Waals surface area (Å²) < 4.78 is 5.21. The van der Waals surface area contributed by atoms with E-state index in [1.807, 2.05) is 11.4 Å². The minimum Gasteiger partial charge on any atom is -0.340 e. The van der Waals surface area contributed by atoms with Gasteiger partial charge in [-0.15, -0.1) is 11.3 Å². The van der Waals surface area contributed by atoms with E-state index in [1.165, 1.54) is 11.3 Å². The van der Waals surface area contributed by atoms with Gasteiger partial charge in [0.05, 0.1) is 4.88 Å². The highest BCUT2D eigenvalue weighted by atomic mass is 32.1. The quantitative estimate of drug-likeness (QED) is 0.580. The fraction of sp³-hybridized carbons (Fsp3) is 0.364. The lowest BCUT2D eigenvalue weighted by molar-refractivity contribution is 0.0876. The number of aryl methyl sites for hydroxylation is 1. The lowest BCUT2D eigenvalue weighted by atomic mass is 9.88. The monoisotopic (exact) mass is 424 g/mol. The highest BCUT2D eigenvalue weighted by Crippen LogP contribution is 2.35. The Kier molecular flexibility index (Phi) is 5.94. The van der Waals surface area contributed by atoms with Crippen molar-refractivity contribution in [1.82, 2.24) is 15.5 Å². The summed E-state index contributed by atoms with van der Waals surface area (Å²) in [6.07, 6.45) is 5.77. The number of nitrogens with zero attached hydrogens (tertiary/aromatic N) is 2. The first-order valence-electron chi connectivity index (χ1n) is 10.1. The molecular weight excluding hydrogens is 400 g/mol. The molecule has 1 aliphatic rings. The van der Waals surface area contributed by atoms with Crippen LogP contribution >= 0.6 is 11.3 Å². The third-order valence-corrected chi connectivity index (χ3v) is 6.26. The van der Waals surface area contributed by atoms with Gasteiger partial charge >= 0.3 is 0 Å². The maximum Gasteiger partial charge on any atom is 0.265 e. The van der Waals surface area contributed by atoms with Gasteiger partial charge < -0.3 is 15.2 Å². The summed E-state index contributed by atoms with van der Waals surface area (Å²) in [4.78, 5) is 30.5. The molecule has 0 saturated heterocycles. The fourth-order valence-corrected chi connectivity index (χ4v) is 4.48. The number of benzene rings is 1. The molecule has 0 spiro atoms. The largest absolute Gasteiger partial charge is 0.340 e. The smallest absolute Gasteiger partial charge is 0.265 e. The van der Waals surface area contributed by atoms with Crippen LogP contribution in [0.25, 0.3) is 0 Å². The summed E-state index contributed by atoms with van der Waals surface area (Å²) >= 11 is 1.37. The summed E-state index contributed by atoms with van der Waals surface area (Å²) in [5.41, 5.74) is 0.413. The van der Waals surface area contributed by atoms with Crippen molar-refractivity contribution in [2.24, 2.45) is 0 Å². The zero-order valence-corrected chi connectivity index (χ0v) is 17.6. The van der Waals surface area contributed by atoms with Gasteiger partial charge in [-0.25, -0.2) is 0 Å². The second kappa shape index (κ2) is 8.79. The molecule has 0 atom stereocenters. The number of rotatable bonds is 5. The van der Waals surface area contributed by atoms with Crippen LogP contribution in [0.2, 0.25) is 0 Å². The molecule has 2 aromatic heterocycles. The number of aromatic nitrogens is 2. The fourth-order valence-electron chi connectivity index (χ4n) is 3.86. The van der Waals surface area contributed by atoms with Crippen molar-refractivity contribution in [2.75, 3.05) is 5.32 Å². The molecule has 3 aromatic rings. The molecule has 4 rings (SSSR count). The van der Waals surface area contributed by atoms with Crippen LogP contribution in [0.4, 0.5) is 5.69 Å². The molecule has 2 N–H and O–H groups in total. The maximum absolute atomic E-state index is 13.2. The Labute approximate surface area is 178 Å². The number of thiophene rings is 1. The van der Waals surface area contributed by atoms with Crippen LogP contribution in [0.3, 0.4) is 0 Å². The summed E-state index contributed by atoms with van der Waals surface area (Å²) in [6.45, 7) is 1.75. The SMILES string of the molecule is Cc1nc(C2(NC(=O)c3cccc(NC(=O)c4cccs4)c3)CCCCCC2)no1. The number of carbonyl (C=O) groups excluding carboxylic acids is 2. The summed E-state index contributed by atoms with van der Waals surface area (Å²) in [7, 11) is 0. The van der Waals surface area contributed by atoms with Gasteiger partial charge in [-0.2, -0.15) is 4.98 Å². The highest BCUT2D eigenvalue weighted by Gasteiger charge is 2.39. The van der Waals surface area contributed by atoms with Crippen molar-refractivity contribution >= 4 is 28.8 Å². The predicted molar refractivity (Wildman–Crippen MR) is 115 cm³/mol. The van der Waals surface area contributed by atoms with E-state index in [0.717, 1.165) is 38.5 Å². The Balaban J connectivity index is 1.55. The molecule has 1 fully saturated rings. The van der Waals surface area contributed by atoms with Gasteiger partial charge in [0, 0.05) is 18.2 Å². The summed E-state index contributed by atoms with van der Waals surface area (Å²) in [5.74, 6) is 0.621. The standard InChI is InChI=1S/C22H24N4O3S/c1-15-23-21(26-29-15)22(11-4-2-3-5-12-22)25-19(27)16-8-6-9-17(14-16)24-20(28)18-10-7-13-30-18/h6-10,13-14H,2-5,11-12H2,1H3,(H,24,28)(H,25,27). The van der Waals surface area contributed by atoms with E-state index in [4.69, 9.17) is 4.52 Å². The average molecular weight is 425 g/mol. The molecule has 8 heteroatoms. The Morgan fingerprint density at radius 1 is 1.07 bits per heavy atom. The van der Waals surface area contributed by atoms with Gasteiger partial charge in [-0.3, -0.25) is 9.59 Å². The van der Waals surface area contributed by atoms with E-state index >= 15 is 0 Å². The minimum atomic E-state index is -0.637. The molecule has 7 nitrogen and oxygen atoms in total. The molecule has 0 radical (unpaired) electrons. The Hall–Kier alpha value is -3.00. The van der Waals surface area contributed by atoms with Gasteiger partial charge in [-0.1, -0.05) is 43.0 Å². The molecule has 1 aromatic carbocycles. The Morgan fingerprint density at radius 2 is 1.87 bits per heavy atom. The molecule has 2 amide bonds. The van der Waals surface area contributed by atoms with Crippen LogP contribution in [-0.4, -0.2) is 22.0 Å². The Bertz CT molecular complexity index is 1020. The number of nitrogens with one attached hydrogen (secondary N) is 2. The summed E-state index contributed by atoms with van der Waals surface area (Å²) in [6, 6.07) is 10.5. The van der Waals surface area contributed by atoms with E-state index in [1.54, 1.807) is 37.3 Å². The molecule has 0 bridgehead atoms. The van der Waals surface area contributed by atoms with Crippen molar-refractivity contribution in [1.29, 1.82) is 0 Å². The van der Waals surface area contributed by atoms with Gasteiger partial charge in [0.25, 0.3) is 11.8 Å². The Morgan fingerprint density at radius 3 is 2.53 bits per heavy atom. The number of carbonyl (C=O) groups is 2. The van der Waals surface area contributed by atoms with Crippen molar-refractivity contribution in [3.63, 3.8) is 0 Å². The van der Waals surface area contributed by atoms with E-state index in [2.05, 4.69) is 20.8 Å². The zero-order chi connectivity index (χ0) is 21.0. The number of hydrogen-bond acceptors (Lipinski definition) is 6. The predicted octanol–water partition coefficient (Wildman–Crippen LogP) is 4.67. The topological polar surface area (TPSA) is 97.1 Å². The molecule has 1 saturated carbocycles. The van der Waals surface area contributed by atoms with E-state index in [9.17, 15) is 9.59 Å². The second-order valence-electron chi connectivity index (χ2n) is 7.60. The van der Waals surface area contributed by atoms with Gasteiger partial charge in [0.1, 0.15) is 5.54 Å². The first kappa shape index (κ1) is 20.3. The van der Waals surface area contributed by atoms with Crippen LogP contribution in [-0.2, 0) is 5.54 Å². The molecule has 2 heterocycles. The molecule has 1 aliphatic carbocycles. The molecular formula is C22H24N4O3S. The molecule has 30 heavy (non-hydrogen) atoms. The van der Waals surface area contributed by atoms with Crippen LogP contribution in [0.1, 0.15) is 70.3 Å². The lowest BCUT2D eigenvalue weighted by Gasteiger charge is -2.30.